The molecule has 4 aromatic carbocycles. The molecule has 1 aliphatic heterocycles. The van der Waals surface area contributed by atoms with Crippen LogP contribution in [0.5, 0.6) is 0 Å². The zero-order valence-corrected chi connectivity index (χ0v) is 29.2. The molecule has 1 atom stereocenters. The number of halogens is 6. The molecule has 6 aromatic rings. The van der Waals surface area contributed by atoms with E-state index in [2.05, 4.69) is 15.0 Å². The Hall–Kier alpha value is -3.69. The summed E-state index contributed by atoms with van der Waals surface area (Å²) in [5.41, 5.74) is 5.49. The molecule has 48 heavy (non-hydrogen) atoms. The number of aromatic nitrogens is 4. The third-order valence-electron chi connectivity index (χ3n) is 7.69. The summed E-state index contributed by atoms with van der Waals surface area (Å²) in [5.74, 6) is 0.576. The van der Waals surface area contributed by atoms with Crippen molar-refractivity contribution in [1.82, 2.24) is 19.1 Å². The van der Waals surface area contributed by atoms with Crippen molar-refractivity contribution in [2.75, 3.05) is 0 Å². The standard InChI is InChI=1S/C18H14Cl4N2O.C18H13ClFN3/c19-13-2-1-12(16(21)7-13)10-25-18(9-24-6-5-23-11-24)15-4-3-14(20)8-17(15)22;1-11-21-9-13-10-22-18(14-4-2-3-5-16(14)20)15-8-12(19)6-7-17(15)23(11)13/h1-8,11,18H,9-10H2;2-9H,10H2,1H3. The highest BCUT2D eigenvalue weighted by atomic mass is 35.5. The maximum atomic E-state index is 14.3. The van der Waals surface area contributed by atoms with Gasteiger partial charge in [0.15, 0.2) is 0 Å². The first kappa shape index (κ1) is 34.2. The fourth-order valence-corrected chi connectivity index (χ4v) is 6.54. The summed E-state index contributed by atoms with van der Waals surface area (Å²) < 4.78 is 24.4. The van der Waals surface area contributed by atoms with Gasteiger partial charge in [0, 0.05) is 54.2 Å². The highest BCUT2D eigenvalue weighted by Gasteiger charge is 2.22. The number of imidazole rings is 2. The van der Waals surface area contributed by atoms with E-state index in [9.17, 15) is 4.39 Å². The Kier molecular flexibility index (Phi) is 10.9. The molecule has 1 aliphatic rings. The van der Waals surface area contributed by atoms with Gasteiger partial charge in [0.05, 0.1) is 49.3 Å². The molecule has 244 valence electrons. The van der Waals surface area contributed by atoms with Crippen molar-refractivity contribution in [3.8, 4) is 5.69 Å². The molecule has 0 saturated heterocycles. The van der Waals surface area contributed by atoms with Crippen molar-refractivity contribution in [3.63, 3.8) is 0 Å². The number of aryl methyl sites for hydroxylation is 1. The Morgan fingerprint density at radius 3 is 2.31 bits per heavy atom. The van der Waals surface area contributed by atoms with Gasteiger partial charge in [0.25, 0.3) is 0 Å². The van der Waals surface area contributed by atoms with E-state index in [1.54, 1.807) is 48.9 Å². The number of aliphatic imine (C=N–C) groups is 1. The molecule has 12 heteroatoms. The van der Waals surface area contributed by atoms with Gasteiger partial charge in [-0.15, -0.1) is 0 Å². The minimum atomic E-state index is -0.293. The van der Waals surface area contributed by atoms with Crippen LogP contribution < -0.4 is 0 Å². The Morgan fingerprint density at radius 1 is 0.854 bits per heavy atom. The van der Waals surface area contributed by atoms with Crippen molar-refractivity contribution in [2.24, 2.45) is 4.99 Å². The van der Waals surface area contributed by atoms with Crippen LogP contribution in [0.4, 0.5) is 4.39 Å². The van der Waals surface area contributed by atoms with Crippen molar-refractivity contribution in [2.45, 2.75) is 32.7 Å². The lowest BCUT2D eigenvalue weighted by atomic mass is 10.00. The number of hydrogen-bond donors (Lipinski definition) is 0. The maximum Gasteiger partial charge on any atom is 0.132 e. The van der Waals surface area contributed by atoms with Gasteiger partial charge in [-0.05, 0) is 67.1 Å². The molecule has 6 nitrogen and oxygen atoms in total. The lowest BCUT2D eigenvalue weighted by Gasteiger charge is -2.21. The second-order valence-corrected chi connectivity index (χ2v) is 13.0. The first-order valence-electron chi connectivity index (χ1n) is 14.8. The van der Waals surface area contributed by atoms with E-state index in [1.807, 2.05) is 64.8 Å². The van der Waals surface area contributed by atoms with E-state index >= 15 is 0 Å². The van der Waals surface area contributed by atoms with Gasteiger partial charge in [-0.2, -0.15) is 0 Å². The zero-order valence-electron chi connectivity index (χ0n) is 25.4. The Labute approximate surface area is 302 Å². The van der Waals surface area contributed by atoms with Gasteiger partial charge in [0.2, 0.25) is 0 Å². The molecule has 0 aliphatic carbocycles. The first-order chi connectivity index (χ1) is 23.2. The topological polar surface area (TPSA) is 57.2 Å². The fourth-order valence-electron chi connectivity index (χ4n) is 5.37. The van der Waals surface area contributed by atoms with E-state index in [-0.39, 0.29) is 11.9 Å². The summed E-state index contributed by atoms with van der Waals surface area (Å²) in [6.45, 7) is 3.27. The summed E-state index contributed by atoms with van der Waals surface area (Å²) in [6, 6.07) is 23.0. The SMILES string of the molecule is Cc1ncc2n1-c1ccc(Cl)cc1C(c1ccccc1F)=NC2.Clc1ccc(COC(Cn2ccnc2)c2ccc(Cl)cc2Cl)c(Cl)c1. The van der Waals surface area contributed by atoms with Crippen LogP contribution in [0.1, 0.15) is 39.9 Å². The van der Waals surface area contributed by atoms with Crippen molar-refractivity contribution >= 4 is 63.7 Å². The Bertz CT molecular complexity index is 2100. The van der Waals surface area contributed by atoms with Crippen LogP contribution in [0.15, 0.2) is 109 Å². The largest absolute Gasteiger partial charge is 0.367 e. The van der Waals surface area contributed by atoms with E-state index in [0.717, 1.165) is 33.9 Å². The third-order valence-corrected chi connectivity index (χ3v) is 9.08. The summed E-state index contributed by atoms with van der Waals surface area (Å²) >= 11 is 30.7. The van der Waals surface area contributed by atoms with Crippen LogP contribution in [0, 0.1) is 12.7 Å². The molecule has 0 fully saturated rings. The molecule has 0 bridgehead atoms. The molecule has 2 aromatic heterocycles. The number of rotatable bonds is 7. The summed E-state index contributed by atoms with van der Waals surface area (Å²) in [4.78, 5) is 13.1. The molecule has 0 amide bonds. The molecule has 0 N–H and O–H groups in total. The summed E-state index contributed by atoms with van der Waals surface area (Å²) in [5, 5.41) is 2.88. The maximum absolute atomic E-state index is 14.3. The van der Waals surface area contributed by atoms with E-state index in [0.29, 0.717) is 56.1 Å². The smallest absolute Gasteiger partial charge is 0.132 e. The normalized spacial score (nSPS) is 12.7. The molecule has 0 saturated carbocycles. The average molecular weight is 742 g/mol. The van der Waals surface area contributed by atoms with Crippen LogP contribution in [-0.4, -0.2) is 24.8 Å². The molecule has 3 heterocycles. The molecule has 0 radical (unpaired) electrons. The predicted molar refractivity (Wildman–Crippen MR) is 192 cm³/mol. The summed E-state index contributed by atoms with van der Waals surface area (Å²) in [7, 11) is 0. The predicted octanol–water partition coefficient (Wildman–Crippen LogP) is 10.8. The van der Waals surface area contributed by atoms with Gasteiger partial charge in [-0.25, -0.2) is 14.4 Å². The number of nitrogens with zero attached hydrogens (tertiary/aromatic N) is 5. The number of ether oxygens (including phenoxy) is 1. The van der Waals surface area contributed by atoms with Crippen molar-refractivity contribution in [3.05, 3.63) is 168 Å². The quantitative estimate of drug-likeness (QED) is 0.164. The molecule has 7 rings (SSSR count). The Balaban J connectivity index is 0.000000168. The third kappa shape index (κ3) is 7.78. The van der Waals surface area contributed by atoms with E-state index in [1.165, 1.54) is 6.07 Å². The molecule has 0 spiro atoms. The lowest BCUT2D eigenvalue weighted by molar-refractivity contribution is 0.0281. The highest BCUT2D eigenvalue weighted by molar-refractivity contribution is 6.35. The van der Waals surface area contributed by atoms with Gasteiger partial charge in [-0.1, -0.05) is 82.3 Å². The first-order valence-corrected chi connectivity index (χ1v) is 16.7. The Morgan fingerprint density at radius 2 is 1.58 bits per heavy atom. The van der Waals surface area contributed by atoms with Gasteiger partial charge in [-0.3, -0.25) is 9.56 Å². The molecule has 1 unspecified atom stereocenters. The van der Waals surface area contributed by atoms with Crippen LogP contribution in [0.3, 0.4) is 0 Å². The summed E-state index contributed by atoms with van der Waals surface area (Å²) in [6.07, 6.45) is 6.84. The van der Waals surface area contributed by atoms with Gasteiger partial charge in [0.1, 0.15) is 17.7 Å². The minimum Gasteiger partial charge on any atom is -0.367 e. The second kappa shape index (κ2) is 15.2. The van der Waals surface area contributed by atoms with E-state index < -0.39 is 0 Å². The minimum absolute atomic E-state index is 0.286. The van der Waals surface area contributed by atoms with Crippen LogP contribution in [0.2, 0.25) is 25.1 Å². The highest BCUT2D eigenvalue weighted by Crippen LogP contribution is 2.32. The van der Waals surface area contributed by atoms with Crippen molar-refractivity contribution in [1.29, 1.82) is 0 Å². The second-order valence-electron chi connectivity index (χ2n) is 10.9. The monoisotopic (exact) mass is 739 g/mol. The molecular formula is C36H27Cl5FN5O. The van der Waals surface area contributed by atoms with Gasteiger partial charge >= 0.3 is 0 Å². The lowest BCUT2D eigenvalue weighted by Crippen LogP contribution is -2.12. The zero-order chi connectivity index (χ0) is 33.8. The number of hydrogen-bond acceptors (Lipinski definition) is 4. The van der Waals surface area contributed by atoms with Crippen LogP contribution in [-0.2, 0) is 24.4 Å². The average Bonchev–Trinajstić information content (AvgIpc) is 3.67. The van der Waals surface area contributed by atoms with Crippen LogP contribution in [0.25, 0.3) is 5.69 Å². The molecular weight excluding hydrogens is 715 g/mol. The van der Waals surface area contributed by atoms with Crippen molar-refractivity contribution < 1.29 is 9.13 Å². The van der Waals surface area contributed by atoms with Gasteiger partial charge < -0.3 is 9.30 Å². The number of benzene rings is 4. The van der Waals surface area contributed by atoms with Crippen LogP contribution >= 0.6 is 58.0 Å². The number of fused-ring (bicyclic) bond motifs is 3. The van der Waals surface area contributed by atoms with E-state index in [4.69, 9.17) is 62.7 Å². The fraction of sp³-hybridized carbons (Fsp3) is 0.139.